The largest absolute Gasteiger partial charge is 0.314 e. The number of aromatic nitrogens is 1. The number of nitro benzene ring substituents is 1. The molecule has 0 aliphatic heterocycles. The molecule has 1 aromatic carbocycles. The highest BCUT2D eigenvalue weighted by Crippen LogP contribution is 2.32. The summed E-state index contributed by atoms with van der Waals surface area (Å²) in [5, 5.41) is 16.1. The molecule has 1 N–H and O–H groups in total. The molecule has 2 unspecified atom stereocenters. The Hall–Kier alpha value is -2.01. The Balaban J connectivity index is 2.46. The number of nitrogens with zero attached hydrogens (tertiary/aromatic N) is 2. The van der Waals surface area contributed by atoms with Crippen LogP contribution in [0.25, 0.3) is 10.8 Å². The van der Waals surface area contributed by atoms with Crippen LogP contribution in [0.1, 0.15) is 38.7 Å². The molecule has 1 aromatic heterocycles. The maximum absolute atomic E-state index is 11.1. The van der Waals surface area contributed by atoms with Gasteiger partial charge in [0.05, 0.1) is 10.3 Å². The number of rotatable bonds is 6. The second-order valence-electron chi connectivity index (χ2n) is 5.38. The normalized spacial score (nSPS) is 14.0. The summed E-state index contributed by atoms with van der Waals surface area (Å²) in [6.07, 6.45) is 4.35. The lowest BCUT2D eigenvalue weighted by molar-refractivity contribution is -0.383. The summed E-state index contributed by atoms with van der Waals surface area (Å²) in [5.41, 5.74) is 1.23. The van der Waals surface area contributed by atoms with Crippen LogP contribution in [0.15, 0.2) is 30.6 Å². The van der Waals surface area contributed by atoms with Crippen molar-refractivity contribution in [2.24, 2.45) is 0 Å². The minimum Gasteiger partial charge on any atom is -0.314 e. The zero-order valence-corrected chi connectivity index (χ0v) is 12.7. The summed E-state index contributed by atoms with van der Waals surface area (Å²) in [5.74, 6) is 0.266. The third-order valence-electron chi connectivity index (χ3n) is 3.98. The average molecular weight is 287 g/mol. The molecule has 112 valence electrons. The van der Waals surface area contributed by atoms with Gasteiger partial charge >= 0.3 is 0 Å². The van der Waals surface area contributed by atoms with Crippen LogP contribution in [0, 0.1) is 10.1 Å². The molecule has 0 fully saturated rings. The first kappa shape index (κ1) is 15.4. The Labute approximate surface area is 124 Å². The topological polar surface area (TPSA) is 68.1 Å². The Morgan fingerprint density at radius 1 is 1.29 bits per heavy atom. The molecule has 0 saturated carbocycles. The lowest BCUT2D eigenvalue weighted by Crippen LogP contribution is -2.31. The van der Waals surface area contributed by atoms with Gasteiger partial charge in [-0.2, -0.15) is 0 Å². The fourth-order valence-corrected chi connectivity index (χ4v) is 2.57. The van der Waals surface area contributed by atoms with Crippen molar-refractivity contribution in [3.8, 4) is 0 Å². The van der Waals surface area contributed by atoms with Gasteiger partial charge in [-0.15, -0.1) is 0 Å². The maximum atomic E-state index is 11.1. The van der Waals surface area contributed by atoms with E-state index in [1.807, 2.05) is 12.1 Å². The fourth-order valence-electron chi connectivity index (χ4n) is 2.57. The average Bonchev–Trinajstić information content (AvgIpc) is 2.50. The molecule has 0 spiro atoms. The molecule has 2 rings (SSSR count). The van der Waals surface area contributed by atoms with E-state index >= 15 is 0 Å². The SMILES string of the molecule is CCCNC(C)C(C)c1ccc([N+](=O)[O-])c2cnccc12. The zero-order valence-electron chi connectivity index (χ0n) is 12.7. The van der Waals surface area contributed by atoms with Crippen LogP contribution in [-0.2, 0) is 0 Å². The van der Waals surface area contributed by atoms with Crippen molar-refractivity contribution in [2.75, 3.05) is 6.54 Å². The summed E-state index contributed by atoms with van der Waals surface area (Å²) in [7, 11) is 0. The van der Waals surface area contributed by atoms with Crippen LogP contribution < -0.4 is 5.32 Å². The number of non-ortho nitro benzene ring substituents is 1. The van der Waals surface area contributed by atoms with Crippen molar-refractivity contribution in [3.63, 3.8) is 0 Å². The predicted molar refractivity (Wildman–Crippen MR) is 84.6 cm³/mol. The Morgan fingerprint density at radius 2 is 2.05 bits per heavy atom. The standard InChI is InChI=1S/C16H21N3O2/c1-4-8-18-12(3)11(2)13-5-6-16(19(20)21)15-10-17-9-7-14(13)15/h5-7,9-12,18H,4,8H2,1-3H3. The highest BCUT2D eigenvalue weighted by atomic mass is 16.6. The first-order valence-electron chi connectivity index (χ1n) is 7.30. The van der Waals surface area contributed by atoms with Crippen LogP contribution >= 0.6 is 0 Å². The van der Waals surface area contributed by atoms with Gasteiger partial charge in [-0.05, 0) is 42.8 Å². The van der Waals surface area contributed by atoms with Gasteiger partial charge in [-0.3, -0.25) is 15.1 Å². The molecule has 2 aromatic rings. The lowest BCUT2D eigenvalue weighted by atomic mass is 9.90. The van der Waals surface area contributed by atoms with E-state index in [9.17, 15) is 10.1 Å². The fraction of sp³-hybridized carbons (Fsp3) is 0.438. The summed E-state index contributed by atoms with van der Waals surface area (Å²) < 4.78 is 0. The number of benzene rings is 1. The minimum absolute atomic E-state index is 0.114. The second-order valence-corrected chi connectivity index (χ2v) is 5.38. The Morgan fingerprint density at radius 3 is 2.71 bits per heavy atom. The monoisotopic (exact) mass is 287 g/mol. The van der Waals surface area contributed by atoms with Crippen molar-refractivity contribution >= 4 is 16.5 Å². The summed E-state index contributed by atoms with van der Waals surface area (Å²) in [6.45, 7) is 7.40. The van der Waals surface area contributed by atoms with Gasteiger partial charge < -0.3 is 5.32 Å². The molecular formula is C16H21N3O2. The molecule has 1 heterocycles. The van der Waals surface area contributed by atoms with E-state index in [1.54, 1.807) is 18.5 Å². The summed E-state index contributed by atoms with van der Waals surface area (Å²) in [6, 6.07) is 5.63. The molecule has 2 atom stereocenters. The van der Waals surface area contributed by atoms with Gasteiger partial charge in [0, 0.05) is 24.5 Å². The first-order valence-corrected chi connectivity index (χ1v) is 7.30. The molecule has 0 bridgehead atoms. The molecule has 21 heavy (non-hydrogen) atoms. The Kier molecular flexibility index (Phi) is 4.85. The highest BCUT2D eigenvalue weighted by Gasteiger charge is 2.20. The van der Waals surface area contributed by atoms with Crippen molar-refractivity contribution in [1.29, 1.82) is 0 Å². The number of nitro groups is 1. The number of pyridine rings is 1. The molecule has 0 saturated heterocycles. The summed E-state index contributed by atoms with van der Waals surface area (Å²) in [4.78, 5) is 14.8. The van der Waals surface area contributed by atoms with E-state index in [-0.39, 0.29) is 16.5 Å². The van der Waals surface area contributed by atoms with Gasteiger partial charge in [0.1, 0.15) is 0 Å². The quantitative estimate of drug-likeness (QED) is 0.650. The van der Waals surface area contributed by atoms with E-state index in [0.29, 0.717) is 11.4 Å². The van der Waals surface area contributed by atoms with Gasteiger partial charge in [-0.25, -0.2) is 0 Å². The van der Waals surface area contributed by atoms with Gasteiger partial charge in [0.2, 0.25) is 0 Å². The third kappa shape index (κ3) is 3.19. The van der Waals surface area contributed by atoms with Crippen LogP contribution in [0.2, 0.25) is 0 Å². The molecule has 0 radical (unpaired) electrons. The third-order valence-corrected chi connectivity index (χ3v) is 3.98. The summed E-state index contributed by atoms with van der Waals surface area (Å²) >= 11 is 0. The second kappa shape index (κ2) is 6.63. The smallest absolute Gasteiger partial charge is 0.278 e. The number of fused-ring (bicyclic) bond motifs is 1. The number of hydrogen-bond acceptors (Lipinski definition) is 4. The number of nitrogens with one attached hydrogen (secondary N) is 1. The molecule has 0 aliphatic rings. The van der Waals surface area contributed by atoms with Crippen molar-refractivity contribution < 1.29 is 4.92 Å². The van der Waals surface area contributed by atoms with E-state index < -0.39 is 0 Å². The van der Waals surface area contributed by atoms with E-state index in [4.69, 9.17) is 0 Å². The Bertz CT molecular complexity index is 642. The van der Waals surface area contributed by atoms with E-state index in [1.165, 1.54) is 0 Å². The van der Waals surface area contributed by atoms with Crippen molar-refractivity contribution in [1.82, 2.24) is 10.3 Å². The first-order chi connectivity index (χ1) is 10.1. The van der Waals surface area contributed by atoms with Crippen molar-refractivity contribution in [2.45, 2.75) is 39.2 Å². The van der Waals surface area contributed by atoms with Crippen LogP contribution in [0.4, 0.5) is 5.69 Å². The predicted octanol–water partition coefficient (Wildman–Crippen LogP) is 3.63. The number of hydrogen-bond donors (Lipinski definition) is 1. The van der Waals surface area contributed by atoms with Crippen LogP contribution in [0.5, 0.6) is 0 Å². The van der Waals surface area contributed by atoms with Crippen molar-refractivity contribution in [3.05, 3.63) is 46.3 Å². The molecule has 5 nitrogen and oxygen atoms in total. The highest BCUT2D eigenvalue weighted by molar-refractivity contribution is 5.92. The van der Waals surface area contributed by atoms with Crippen LogP contribution in [0.3, 0.4) is 0 Å². The maximum Gasteiger partial charge on any atom is 0.278 e. The van der Waals surface area contributed by atoms with Gasteiger partial charge in [0.25, 0.3) is 5.69 Å². The minimum atomic E-state index is -0.350. The molecule has 5 heteroatoms. The molecular weight excluding hydrogens is 266 g/mol. The van der Waals surface area contributed by atoms with E-state index in [2.05, 4.69) is 31.1 Å². The lowest BCUT2D eigenvalue weighted by Gasteiger charge is -2.23. The molecule has 0 aliphatic carbocycles. The van der Waals surface area contributed by atoms with Gasteiger partial charge in [0.15, 0.2) is 0 Å². The zero-order chi connectivity index (χ0) is 15.4. The van der Waals surface area contributed by atoms with E-state index in [0.717, 1.165) is 23.9 Å². The van der Waals surface area contributed by atoms with Gasteiger partial charge in [-0.1, -0.05) is 19.9 Å². The van der Waals surface area contributed by atoms with Crippen LogP contribution in [-0.4, -0.2) is 22.5 Å². The molecule has 0 amide bonds.